The molecular formula is C12H16F5NO3. The van der Waals surface area contributed by atoms with Crippen molar-refractivity contribution in [3.8, 4) is 0 Å². The zero-order valence-electron chi connectivity index (χ0n) is 11.3. The fourth-order valence-electron chi connectivity index (χ4n) is 1.18. The second-order valence-corrected chi connectivity index (χ2v) is 4.14. The second kappa shape index (κ2) is 7.94. The van der Waals surface area contributed by atoms with Crippen molar-refractivity contribution in [2.45, 2.75) is 44.3 Å². The Bertz CT molecular complexity index is 382. The van der Waals surface area contributed by atoms with Crippen molar-refractivity contribution >= 4 is 11.9 Å². The highest BCUT2D eigenvalue weighted by atomic mass is 19.4. The number of hydrogen-bond donors (Lipinski definition) is 1. The molecule has 0 aliphatic carbocycles. The van der Waals surface area contributed by atoms with Gasteiger partial charge >= 0.3 is 24.0 Å². The van der Waals surface area contributed by atoms with Crippen LogP contribution in [0.4, 0.5) is 22.0 Å². The first kappa shape index (κ1) is 19.3. The minimum atomic E-state index is -6.04. The lowest BCUT2D eigenvalue weighted by molar-refractivity contribution is -0.270. The van der Waals surface area contributed by atoms with E-state index in [0.717, 1.165) is 6.08 Å². The topological polar surface area (TPSA) is 55.4 Å². The minimum absolute atomic E-state index is 0.0193. The maximum absolute atomic E-state index is 12.8. The molecule has 1 atom stereocenters. The summed E-state index contributed by atoms with van der Waals surface area (Å²) in [6, 6.07) is -1.64. The predicted molar refractivity (Wildman–Crippen MR) is 63.6 cm³/mol. The first-order chi connectivity index (χ1) is 9.57. The molecule has 0 bridgehead atoms. The van der Waals surface area contributed by atoms with Crippen LogP contribution in [0.3, 0.4) is 0 Å². The summed E-state index contributed by atoms with van der Waals surface area (Å²) in [5.74, 6) is -9.28. The van der Waals surface area contributed by atoms with E-state index in [4.69, 9.17) is 0 Å². The van der Waals surface area contributed by atoms with Gasteiger partial charge in [-0.15, -0.1) is 6.58 Å². The van der Waals surface area contributed by atoms with Gasteiger partial charge in [0.1, 0.15) is 6.04 Å². The standard InChI is InChI=1S/C12H16F5NO3/c1-3-5-7-21-9(19)8(6-4-2)18-10(20)11(13,14)12(15,16)17/h4,8H,2-3,5-7H2,1H3,(H,18,20). The van der Waals surface area contributed by atoms with Gasteiger partial charge in [0.05, 0.1) is 6.61 Å². The van der Waals surface area contributed by atoms with E-state index < -0.39 is 30.0 Å². The molecule has 9 heteroatoms. The fourth-order valence-corrected chi connectivity index (χ4v) is 1.18. The van der Waals surface area contributed by atoms with Crippen LogP contribution in [0.15, 0.2) is 12.7 Å². The van der Waals surface area contributed by atoms with Gasteiger partial charge in [0.25, 0.3) is 0 Å². The summed E-state index contributed by atoms with van der Waals surface area (Å²) >= 11 is 0. The molecule has 21 heavy (non-hydrogen) atoms. The van der Waals surface area contributed by atoms with Crippen molar-refractivity contribution in [1.82, 2.24) is 5.32 Å². The third-order valence-electron chi connectivity index (χ3n) is 2.38. The highest BCUT2D eigenvalue weighted by Gasteiger charge is 2.63. The predicted octanol–water partition coefficient (Wildman–Crippen LogP) is 2.59. The number of halogens is 5. The van der Waals surface area contributed by atoms with Crippen molar-refractivity contribution in [3.63, 3.8) is 0 Å². The number of alkyl halides is 5. The monoisotopic (exact) mass is 317 g/mol. The molecule has 0 aliphatic rings. The van der Waals surface area contributed by atoms with Crippen LogP contribution < -0.4 is 5.32 Å². The van der Waals surface area contributed by atoms with Crippen molar-refractivity contribution in [1.29, 1.82) is 0 Å². The molecule has 1 N–H and O–H groups in total. The molecule has 1 unspecified atom stereocenters. The van der Waals surface area contributed by atoms with Gasteiger partial charge in [-0.2, -0.15) is 22.0 Å². The van der Waals surface area contributed by atoms with Gasteiger partial charge in [-0.3, -0.25) is 4.79 Å². The fraction of sp³-hybridized carbons (Fsp3) is 0.667. The van der Waals surface area contributed by atoms with Crippen LogP contribution in [0.2, 0.25) is 0 Å². The minimum Gasteiger partial charge on any atom is -0.464 e. The van der Waals surface area contributed by atoms with Gasteiger partial charge in [-0.05, 0) is 12.8 Å². The van der Waals surface area contributed by atoms with Crippen molar-refractivity contribution < 1.29 is 36.3 Å². The highest BCUT2D eigenvalue weighted by molar-refractivity contribution is 5.89. The number of carbonyl (C=O) groups excluding carboxylic acids is 2. The third-order valence-corrected chi connectivity index (χ3v) is 2.38. The molecule has 0 aromatic rings. The Balaban J connectivity index is 4.81. The molecule has 0 radical (unpaired) electrons. The number of carbonyl (C=O) groups is 2. The van der Waals surface area contributed by atoms with Gasteiger partial charge in [0, 0.05) is 0 Å². The Morgan fingerprint density at radius 2 is 1.86 bits per heavy atom. The molecule has 0 heterocycles. The first-order valence-corrected chi connectivity index (χ1v) is 6.11. The molecule has 0 fully saturated rings. The Morgan fingerprint density at radius 3 is 2.29 bits per heavy atom. The van der Waals surface area contributed by atoms with E-state index in [2.05, 4.69) is 11.3 Å². The number of nitrogens with one attached hydrogen (secondary N) is 1. The van der Waals surface area contributed by atoms with Crippen LogP contribution in [0.25, 0.3) is 0 Å². The molecule has 0 spiro atoms. The molecular weight excluding hydrogens is 301 g/mol. The van der Waals surface area contributed by atoms with Crippen molar-refractivity contribution in [3.05, 3.63) is 12.7 Å². The molecule has 4 nitrogen and oxygen atoms in total. The molecule has 0 saturated heterocycles. The van der Waals surface area contributed by atoms with E-state index in [0.29, 0.717) is 12.8 Å². The summed E-state index contributed by atoms with van der Waals surface area (Å²) in [5, 5.41) is 1.34. The van der Waals surface area contributed by atoms with Gasteiger partial charge in [0.15, 0.2) is 0 Å². The summed E-state index contributed by atoms with van der Waals surface area (Å²) < 4.78 is 66.3. The maximum Gasteiger partial charge on any atom is 0.463 e. The van der Waals surface area contributed by atoms with E-state index >= 15 is 0 Å². The summed E-state index contributed by atoms with van der Waals surface area (Å²) in [6.07, 6.45) is -4.08. The zero-order chi connectivity index (χ0) is 16.7. The average molecular weight is 317 g/mol. The largest absolute Gasteiger partial charge is 0.464 e. The number of ether oxygens (including phenoxy) is 1. The number of amides is 1. The van der Waals surface area contributed by atoms with Crippen LogP contribution >= 0.6 is 0 Å². The van der Waals surface area contributed by atoms with Crippen LogP contribution in [0, 0.1) is 0 Å². The van der Waals surface area contributed by atoms with Crippen molar-refractivity contribution in [2.75, 3.05) is 6.61 Å². The number of unbranched alkanes of at least 4 members (excludes halogenated alkanes) is 1. The lowest BCUT2D eigenvalue weighted by atomic mass is 10.2. The van der Waals surface area contributed by atoms with Crippen molar-refractivity contribution in [2.24, 2.45) is 0 Å². The van der Waals surface area contributed by atoms with E-state index in [9.17, 15) is 31.5 Å². The van der Waals surface area contributed by atoms with Crippen LogP contribution in [-0.4, -0.2) is 36.6 Å². The highest BCUT2D eigenvalue weighted by Crippen LogP contribution is 2.35. The normalized spacial score (nSPS) is 13.4. The van der Waals surface area contributed by atoms with Gasteiger partial charge in [0.2, 0.25) is 0 Å². The Kier molecular flexibility index (Phi) is 7.31. The maximum atomic E-state index is 12.8. The summed E-state index contributed by atoms with van der Waals surface area (Å²) in [6.45, 7) is 5.02. The molecule has 1 amide bonds. The Morgan fingerprint density at radius 1 is 1.29 bits per heavy atom. The molecule has 0 aromatic carbocycles. The smallest absolute Gasteiger partial charge is 0.463 e. The van der Waals surface area contributed by atoms with Crippen LogP contribution in [-0.2, 0) is 14.3 Å². The second-order valence-electron chi connectivity index (χ2n) is 4.14. The van der Waals surface area contributed by atoms with Crippen LogP contribution in [0.1, 0.15) is 26.2 Å². The average Bonchev–Trinajstić information content (AvgIpc) is 2.36. The number of rotatable bonds is 8. The Hall–Kier alpha value is -1.67. The molecule has 0 aliphatic heterocycles. The molecule has 0 aromatic heterocycles. The van der Waals surface area contributed by atoms with E-state index in [1.807, 2.05) is 0 Å². The third kappa shape index (κ3) is 5.68. The number of hydrogen-bond acceptors (Lipinski definition) is 3. The first-order valence-electron chi connectivity index (χ1n) is 6.11. The quantitative estimate of drug-likeness (QED) is 0.324. The molecule has 0 saturated carbocycles. The number of esters is 1. The SMILES string of the molecule is C=CCC(NC(=O)C(F)(F)C(F)(F)F)C(=O)OCCCC. The summed E-state index contributed by atoms with van der Waals surface area (Å²) in [5.41, 5.74) is 0. The lowest BCUT2D eigenvalue weighted by Gasteiger charge is -2.22. The lowest BCUT2D eigenvalue weighted by Crippen LogP contribution is -2.54. The Labute approximate surface area is 118 Å². The van der Waals surface area contributed by atoms with Crippen LogP contribution in [0.5, 0.6) is 0 Å². The van der Waals surface area contributed by atoms with Gasteiger partial charge < -0.3 is 10.1 Å². The zero-order valence-corrected chi connectivity index (χ0v) is 11.3. The van der Waals surface area contributed by atoms with E-state index in [-0.39, 0.29) is 13.0 Å². The summed E-state index contributed by atoms with van der Waals surface area (Å²) in [4.78, 5) is 22.5. The molecule has 0 rings (SSSR count). The van der Waals surface area contributed by atoms with E-state index in [1.54, 1.807) is 6.92 Å². The van der Waals surface area contributed by atoms with Gasteiger partial charge in [-0.1, -0.05) is 19.4 Å². The van der Waals surface area contributed by atoms with E-state index in [1.165, 1.54) is 5.32 Å². The summed E-state index contributed by atoms with van der Waals surface area (Å²) in [7, 11) is 0. The van der Waals surface area contributed by atoms with Gasteiger partial charge in [-0.25, -0.2) is 4.79 Å². The molecule has 122 valence electrons.